The number of nitrogens with zero attached hydrogens (tertiary/aromatic N) is 1. The average molecular weight is 377 g/mol. The molecule has 0 saturated heterocycles. The van der Waals surface area contributed by atoms with E-state index in [1.807, 2.05) is 23.6 Å². The van der Waals surface area contributed by atoms with Crippen LogP contribution in [0.2, 0.25) is 0 Å². The normalized spacial score (nSPS) is 11.0. The molecule has 1 N–H and O–H groups in total. The lowest BCUT2D eigenvalue weighted by molar-refractivity contribution is -0.255. The van der Waals surface area contributed by atoms with Gasteiger partial charge in [-0.2, -0.15) is 5.26 Å². The molecule has 7 heteroatoms. The lowest BCUT2D eigenvalue weighted by Gasteiger charge is -2.03. The summed E-state index contributed by atoms with van der Waals surface area (Å²) >= 11 is 1.52. The Morgan fingerprint density at radius 3 is 2.59 bits per heavy atom. The lowest BCUT2D eigenvalue weighted by Crippen LogP contribution is -2.23. The van der Waals surface area contributed by atoms with E-state index in [2.05, 4.69) is 5.32 Å². The highest BCUT2D eigenvalue weighted by Gasteiger charge is 2.11. The van der Waals surface area contributed by atoms with Crippen LogP contribution in [0.15, 0.2) is 63.9 Å². The molecule has 2 aromatic heterocycles. The van der Waals surface area contributed by atoms with Crippen molar-refractivity contribution in [1.82, 2.24) is 5.32 Å². The summed E-state index contributed by atoms with van der Waals surface area (Å²) in [6.07, 6.45) is 1.36. The van der Waals surface area contributed by atoms with Crippen LogP contribution in [-0.4, -0.2) is 11.9 Å². The number of carbonyl (C=O) groups excluding carboxylic acids is 2. The molecule has 1 amide bonds. The minimum Gasteiger partial charge on any atom is -0.545 e. The van der Waals surface area contributed by atoms with Crippen molar-refractivity contribution in [2.45, 2.75) is 6.54 Å². The Labute approximate surface area is 159 Å². The maximum atomic E-state index is 12.2. The van der Waals surface area contributed by atoms with Crippen LogP contribution in [0.25, 0.3) is 17.4 Å². The second kappa shape index (κ2) is 8.17. The van der Waals surface area contributed by atoms with Gasteiger partial charge in [-0.05, 0) is 29.1 Å². The van der Waals surface area contributed by atoms with Crippen molar-refractivity contribution < 1.29 is 19.1 Å². The van der Waals surface area contributed by atoms with Crippen LogP contribution in [0.4, 0.5) is 0 Å². The zero-order valence-corrected chi connectivity index (χ0v) is 14.8. The number of aromatic carboxylic acids is 1. The summed E-state index contributed by atoms with van der Waals surface area (Å²) in [5.41, 5.74) is 0.666. The number of amides is 1. The predicted molar refractivity (Wildman–Crippen MR) is 98.2 cm³/mol. The number of nitriles is 1. The number of hydrogen-bond donors (Lipinski definition) is 1. The Balaban J connectivity index is 1.72. The van der Waals surface area contributed by atoms with Crippen LogP contribution in [0.1, 0.15) is 21.0 Å². The molecule has 0 aliphatic carbocycles. The zero-order chi connectivity index (χ0) is 19.2. The fourth-order valence-electron chi connectivity index (χ4n) is 2.32. The molecule has 3 aromatic rings. The maximum absolute atomic E-state index is 12.2. The van der Waals surface area contributed by atoms with Gasteiger partial charge in [0.05, 0.1) is 12.5 Å². The van der Waals surface area contributed by atoms with Crippen LogP contribution in [0.5, 0.6) is 0 Å². The van der Waals surface area contributed by atoms with Gasteiger partial charge in [0.1, 0.15) is 23.2 Å². The molecule has 1 aromatic carbocycles. The van der Waals surface area contributed by atoms with Gasteiger partial charge in [-0.15, -0.1) is 11.3 Å². The van der Waals surface area contributed by atoms with Crippen molar-refractivity contribution in [3.05, 3.63) is 75.7 Å². The predicted octanol–water partition coefficient (Wildman–Crippen LogP) is 2.59. The first kappa shape index (κ1) is 18.2. The van der Waals surface area contributed by atoms with Crippen LogP contribution in [-0.2, 0) is 11.3 Å². The van der Waals surface area contributed by atoms with Crippen LogP contribution < -0.4 is 10.4 Å². The summed E-state index contributed by atoms with van der Waals surface area (Å²) < 4.78 is 5.63. The van der Waals surface area contributed by atoms with Crippen molar-refractivity contribution >= 4 is 29.3 Å². The number of nitrogens with one attached hydrogen (secondary N) is 1. The summed E-state index contributed by atoms with van der Waals surface area (Å²) in [7, 11) is 0. The fourth-order valence-corrected chi connectivity index (χ4v) is 2.97. The molecule has 0 unspecified atom stereocenters. The number of carboxylic acids is 1. The monoisotopic (exact) mass is 377 g/mol. The van der Waals surface area contributed by atoms with Gasteiger partial charge in [-0.25, -0.2) is 0 Å². The standard InChI is InChI=1S/C20H14N2O4S/c21-11-15(19(23)22-12-17-2-1-9-27-17)10-16-7-8-18(26-16)13-3-5-14(6-4-13)20(24)25/h1-10H,12H2,(H,22,23)(H,24,25)/p-1/b15-10+. The van der Waals surface area contributed by atoms with Crippen molar-refractivity contribution in [2.75, 3.05) is 0 Å². The molecular weight excluding hydrogens is 364 g/mol. The third kappa shape index (κ3) is 4.51. The first-order chi connectivity index (χ1) is 13.1. The first-order valence-corrected chi connectivity index (χ1v) is 8.79. The van der Waals surface area contributed by atoms with Gasteiger partial charge >= 0.3 is 0 Å². The van der Waals surface area contributed by atoms with E-state index in [4.69, 9.17) is 4.42 Å². The number of carbonyl (C=O) groups is 2. The molecule has 27 heavy (non-hydrogen) atoms. The molecule has 0 spiro atoms. The number of carboxylic acid groups (broad SMARTS) is 1. The minimum atomic E-state index is -1.25. The lowest BCUT2D eigenvalue weighted by atomic mass is 10.1. The van der Waals surface area contributed by atoms with Crippen LogP contribution in [0.3, 0.4) is 0 Å². The van der Waals surface area contributed by atoms with E-state index in [1.54, 1.807) is 24.3 Å². The van der Waals surface area contributed by atoms with Crippen molar-refractivity contribution in [3.63, 3.8) is 0 Å². The Morgan fingerprint density at radius 2 is 1.96 bits per heavy atom. The number of furan rings is 1. The average Bonchev–Trinajstić information content (AvgIpc) is 3.36. The van der Waals surface area contributed by atoms with Gasteiger partial charge in [0.15, 0.2) is 0 Å². The SMILES string of the molecule is N#C/C(=C\c1ccc(-c2ccc(C(=O)[O-])cc2)o1)C(=O)NCc1cccs1. The second-order valence-corrected chi connectivity index (χ2v) is 6.53. The first-order valence-electron chi connectivity index (χ1n) is 7.91. The third-order valence-electron chi connectivity index (χ3n) is 3.69. The highest BCUT2D eigenvalue weighted by atomic mass is 32.1. The van der Waals surface area contributed by atoms with Gasteiger partial charge in [-0.3, -0.25) is 4.79 Å². The molecule has 0 radical (unpaired) electrons. The van der Waals surface area contributed by atoms with E-state index < -0.39 is 11.9 Å². The van der Waals surface area contributed by atoms with Crippen molar-refractivity contribution in [2.24, 2.45) is 0 Å². The molecule has 6 nitrogen and oxygen atoms in total. The Morgan fingerprint density at radius 1 is 1.19 bits per heavy atom. The van der Waals surface area contributed by atoms with Gasteiger partial charge in [0.2, 0.25) is 0 Å². The molecule has 2 heterocycles. The van der Waals surface area contributed by atoms with E-state index in [0.717, 1.165) is 4.88 Å². The van der Waals surface area contributed by atoms with Crippen molar-refractivity contribution in [1.29, 1.82) is 5.26 Å². The van der Waals surface area contributed by atoms with E-state index in [-0.39, 0.29) is 11.1 Å². The summed E-state index contributed by atoms with van der Waals surface area (Å²) in [5, 5.41) is 24.6. The van der Waals surface area contributed by atoms with E-state index >= 15 is 0 Å². The largest absolute Gasteiger partial charge is 0.545 e. The maximum Gasteiger partial charge on any atom is 0.262 e. The molecule has 3 rings (SSSR count). The molecule has 0 aliphatic heterocycles. The van der Waals surface area contributed by atoms with Crippen molar-refractivity contribution in [3.8, 4) is 17.4 Å². The number of benzene rings is 1. The number of rotatable bonds is 6. The number of hydrogen-bond acceptors (Lipinski definition) is 6. The number of thiophene rings is 1. The van der Waals surface area contributed by atoms with Gasteiger partial charge < -0.3 is 19.6 Å². The molecular formula is C20H13N2O4S-. The summed E-state index contributed by atoms with van der Waals surface area (Å²) in [6, 6.07) is 15.0. The molecule has 0 bridgehead atoms. The topological polar surface area (TPSA) is 106 Å². The van der Waals surface area contributed by atoms with Crippen LogP contribution >= 0.6 is 11.3 Å². The smallest absolute Gasteiger partial charge is 0.262 e. The van der Waals surface area contributed by atoms with Gasteiger partial charge in [0.25, 0.3) is 5.91 Å². The zero-order valence-electron chi connectivity index (χ0n) is 14.0. The highest BCUT2D eigenvalue weighted by Crippen LogP contribution is 2.24. The second-order valence-electron chi connectivity index (χ2n) is 5.50. The molecule has 0 saturated carbocycles. The molecule has 0 fully saturated rings. The molecule has 0 atom stereocenters. The van der Waals surface area contributed by atoms with E-state index in [9.17, 15) is 20.0 Å². The van der Waals surface area contributed by atoms with E-state index in [0.29, 0.717) is 23.6 Å². The summed E-state index contributed by atoms with van der Waals surface area (Å²) in [4.78, 5) is 23.9. The fraction of sp³-hybridized carbons (Fsp3) is 0.0500. The molecule has 0 aliphatic rings. The quantitative estimate of drug-likeness (QED) is 0.525. The summed E-state index contributed by atoms with van der Waals surface area (Å²) in [6.45, 7) is 0.351. The molecule has 134 valence electrons. The summed E-state index contributed by atoms with van der Waals surface area (Å²) in [5.74, 6) is -0.904. The minimum absolute atomic E-state index is 0.0691. The van der Waals surface area contributed by atoms with E-state index in [1.165, 1.54) is 29.5 Å². The Kier molecular flexibility index (Phi) is 5.50. The third-order valence-corrected chi connectivity index (χ3v) is 4.56. The highest BCUT2D eigenvalue weighted by molar-refractivity contribution is 7.09. The van der Waals surface area contributed by atoms with Gasteiger partial charge in [-0.1, -0.05) is 30.3 Å². The Bertz CT molecular complexity index is 1020. The van der Waals surface area contributed by atoms with Crippen LogP contribution in [0, 0.1) is 11.3 Å². The Hall–Kier alpha value is -3.63. The van der Waals surface area contributed by atoms with Gasteiger partial charge in [0, 0.05) is 16.5 Å².